The number of carbonyl (C=O) groups excluding carboxylic acids is 1. The van der Waals surface area contributed by atoms with Gasteiger partial charge >= 0.3 is 5.97 Å². The quantitative estimate of drug-likeness (QED) is 0.451. The molecule has 4 heteroatoms. The molecule has 0 spiro atoms. The molecule has 0 bridgehead atoms. The third kappa shape index (κ3) is 5.82. The van der Waals surface area contributed by atoms with Crippen LogP contribution in [0.4, 0.5) is 0 Å². The molecule has 0 saturated heterocycles. The molecule has 0 heterocycles. The lowest BCUT2D eigenvalue weighted by Crippen LogP contribution is -2.15. The zero-order valence-electron chi connectivity index (χ0n) is 10.7. The van der Waals surface area contributed by atoms with Crippen molar-refractivity contribution in [2.45, 2.75) is 32.2 Å². The van der Waals surface area contributed by atoms with Crippen LogP contribution in [0.1, 0.15) is 25.8 Å². The van der Waals surface area contributed by atoms with E-state index < -0.39 is 0 Å². The van der Waals surface area contributed by atoms with E-state index in [1.165, 1.54) is 6.92 Å². The summed E-state index contributed by atoms with van der Waals surface area (Å²) in [7, 11) is 0. The van der Waals surface area contributed by atoms with E-state index >= 15 is 0 Å². The minimum Gasteiger partial charge on any atom is -0.466 e. The van der Waals surface area contributed by atoms with E-state index in [-0.39, 0.29) is 11.3 Å². The molecular weight excluding hydrogens is 250 g/mol. The molecule has 0 aliphatic rings. The number of carbonyl (C=O) groups is 1. The Morgan fingerprint density at radius 2 is 2.00 bits per heavy atom. The van der Waals surface area contributed by atoms with Gasteiger partial charge < -0.3 is 4.74 Å². The van der Waals surface area contributed by atoms with Crippen LogP contribution in [-0.4, -0.2) is 23.7 Å². The normalized spacial score (nSPS) is 13.2. The summed E-state index contributed by atoms with van der Waals surface area (Å²) in [6.07, 6.45) is 0.589. The molecule has 0 radical (unpaired) electrons. The van der Waals surface area contributed by atoms with E-state index in [4.69, 9.17) is 16.3 Å². The lowest BCUT2D eigenvalue weighted by Gasteiger charge is -2.09. The lowest BCUT2D eigenvalue weighted by atomic mass is 10.2. The van der Waals surface area contributed by atoms with Crippen molar-refractivity contribution in [2.75, 3.05) is 6.61 Å². The number of rotatable bonds is 6. The number of nitrogens with zero attached hydrogens (tertiary/aromatic N) is 1. The first kappa shape index (κ1) is 14.7. The Balaban J connectivity index is 2.38. The molecule has 0 amide bonds. The van der Waals surface area contributed by atoms with Crippen LogP contribution >= 0.6 is 11.6 Å². The molecule has 1 unspecified atom stereocenters. The first-order valence-corrected chi connectivity index (χ1v) is 6.35. The number of hydrogen-bond donors (Lipinski definition) is 0. The third-order valence-electron chi connectivity index (χ3n) is 2.48. The highest BCUT2D eigenvalue weighted by Gasteiger charge is 2.08. The number of hydrogen-bond acceptors (Lipinski definition) is 3. The number of halogens is 1. The van der Waals surface area contributed by atoms with Crippen molar-refractivity contribution < 1.29 is 9.53 Å². The fourth-order valence-corrected chi connectivity index (χ4v) is 1.57. The predicted molar refractivity (Wildman–Crippen MR) is 74.1 cm³/mol. The maximum absolute atomic E-state index is 10.6. The summed E-state index contributed by atoms with van der Waals surface area (Å²) in [5.74, 6) is -0.280. The van der Waals surface area contributed by atoms with Gasteiger partial charge in [-0.1, -0.05) is 30.3 Å². The second kappa shape index (κ2) is 7.88. The van der Waals surface area contributed by atoms with E-state index in [0.717, 1.165) is 11.3 Å². The molecule has 1 aromatic carbocycles. The summed E-state index contributed by atoms with van der Waals surface area (Å²) in [5.41, 5.74) is 2.02. The van der Waals surface area contributed by atoms with E-state index in [1.54, 1.807) is 0 Å². The first-order chi connectivity index (χ1) is 8.59. The molecule has 0 N–H and O–H groups in total. The Morgan fingerprint density at radius 1 is 1.33 bits per heavy atom. The molecule has 1 atom stereocenters. The van der Waals surface area contributed by atoms with Crippen LogP contribution in [0, 0.1) is 0 Å². The second-order valence-electron chi connectivity index (χ2n) is 4.04. The molecular formula is C14H18ClNO2. The molecule has 0 aliphatic heterocycles. The fraction of sp³-hybridized carbons (Fsp3) is 0.429. The molecule has 0 saturated carbocycles. The van der Waals surface area contributed by atoms with Crippen molar-refractivity contribution in [2.24, 2.45) is 4.99 Å². The van der Waals surface area contributed by atoms with Crippen LogP contribution in [0.25, 0.3) is 0 Å². The van der Waals surface area contributed by atoms with Crippen molar-refractivity contribution in [1.29, 1.82) is 0 Å². The maximum Gasteiger partial charge on any atom is 0.302 e. The summed E-state index contributed by atoms with van der Waals surface area (Å²) < 4.78 is 4.85. The largest absolute Gasteiger partial charge is 0.466 e. The Kier molecular flexibility index (Phi) is 6.44. The van der Waals surface area contributed by atoms with E-state index in [9.17, 15) is 4.79 Å². The monoisotopic (exact) mass is 267 g/mol. The van der Waals surface area contributed by atoms with Crippen molar-refractivity contribution in [1.82, 2.24) is 0 Å². The number of alkyl halides is 1. The minimum atomic E-state index is -0.280. The van der Waals surface area contributed by atoms with Gasteiger partial charge in [-0.15, -0.1) is 11.6 Å². The highest BCUT2D eigenvalue weighted by atomic mass is 35.5. The van der Waals surface area contributed by atoms with Crippen LogP contribution in [0.15, 0.2) is 35.3 Å². The number of esters is 1. The molecule has 98 valence electrons. The topological polar surface area (TPSA) is 38.7 Å². The van der Waals surface area contributed by atoms with Crippen molar-refractivity contribution in [3.8, 4) is 0 Å². The van der Waals surface area contributed by atoms with E-state index in [2.05, 4.69) is 4.99 Å². The van der Waals surface area contributed by atoms with Gasteiger partial charge in [0.25, 0.3) is 0 Å². The Bertz CT molecular complexity index is 404. The number of benzene rings is 1. The van der Waals surface area contributed by atoms with Crippen LogP contribution in [0.5, 0.6) is 0 Å². The summed E-state index contributed by atoms with van der Waals surface area (Å²) in [6.45, 7) is 4.25. The predicted octanol–water partition coefficient (Wildman–Crippen LogP) is 3.21. The average Bonchev–Trinajstić information content (AvgIpc) is 2.36. The Hall–Kier alpha value is -1.35. The fourth-order valence-electron chi connectivity index (χ4n) is 1.41. The van der Waals surface area contributed by atoms with E-state index in [1.807, 2.05) is 37.3 Å². The lowest BCUT2D eigenvalue weighted by molar-refractivity contribution is -0.140. The molecule has 18 heavy (non-hydrogen) atoms. The zero-order chi connectivity index (χ0) is 13.4. The SMILES string of the molecule is CC(=O)OCCC(Cl)C(C)=NCc1ccccc1. The highest BCUT2D eigenvalue weighted by molar-refractivity contribution is 6.31. The Labute approximate surface area is 113 Å². The minimum absolute atomic E-state index is 0.187. The Morgan fingerprint density at radius 3 is 2.61 bits per heavy atom. The standard InChI is InChI=1S/C14H18ClNO2/c1-11(14(15)8-9-18-12(2)17)16-10-13-6-4-3-5-7-13/h3-7,14H,8-10H2,1-2H3. The second-order valence-corrected chi connectivity index (χ2v) is 4.57. The van der Waals surface area contributed by atoms with Crippen molar-refractivity contribution in [3.05, 3.63) is 35.9 Å². The van der Waals surface area contributed by atoms with Crippen LogP contribution < -0.4 is 0 Å². The molecule has 1 rings (SSSR count). The molecule has 0 aromatic heterocycles. The van der Waals surface area contributed by atoms with Gasteiger partial charge in [-0.25, -0.2) is 0 Å². The van der Waals surface area contributed by atoms with Gasteiger partial charge in [0.15, 0.2) is 0 Å². The van der Waals surface area contributed by atoms with Gasteiger partial charge in [0.05, 0.1) is 18.5 Å². The van der Waals surface area contributed by atoms with E-state index in [0.29, 0.717) is 19.6 Å². The first-order valence-electron chi connectivity index (χ1n) is 5.92. The smallest absolute Gasteiger partial charge is 0.302 e. The summed E-state index contributed by atoms with van der Waals surface area (Å²) >= 11 is 6.16. The van der Waals surface area contributed by atoms with Gasteiger partial charge in [-0.05, 0) is 12.5 Å². The summed E-state index contributed by atoms with van der Waals surface area (Å²) in [5, 5.41) is -0.187. The van der Waals surface area contributed by atoms with Crippen LogP contribution in [0.2, 0.25) is 0 Å². The number of ether oxygens (including phenoxy) is 1. The third-order valence-corrected chi connectivity index (χ3v) is 3.02. The molecule has 3 nitrogen and oxygen atoms in total. The van der Waals surface area contributed by atoms with Gasteiger partial charge in [0.1, 0.15) is 0 Å². The van der Waals surface area contributed by atoms with Crippen molar-refractivity contribution in [3.63, 3.8) is 0 Å². The molecule has 0 fully saturated rings. The van der Waals surface area contributed by atoms with Crippen LogP contribution in [-0.2, 0) is 16.1 Å². The molecule has 0 aliphatic carbocycles. The van der Waals surface area contributed by atoms with Gasteiger partial charge in [0, 0.05) is 19.1 Å². The maximum atomic E-state index is 10.6. The van der Waals surface area contributed by atoms with Gasteiger partial charge in [-0.3, -0.25) is 9.79 Å². The summed E-state index contributed by atoms with van der Waals surface area (Å²) in [6, 6.07) is 10.00. The average molecular weight is 268 g/mol. The zero-order valence-corrected chi connectivity index (χ0v) is 11.5. The number of aliphatic imine (C=N–C) groups is 1. The highest BCUT2D eigenvalue weighted by Crippen LogP contribution is 2.08. The van der Waals surface area contributed by atoms with Crippen molar-refractivity contribution >= 4 is 23.3 Å². The van der Waals surface area contributed by atoms with Gasteiger partial charge in [0.2, 0.25) is 0 Å². The summed E-state index contributed by atoms with van der Waals surface area (Å²) in [4.78, 5) is 15.0. The van der Waals surface area contributed by atoms with Crippen LogP contribution in [0.3, 0.4) is 0 Å². The molecule has 1 aromatic rings. The van der Waals surface area contributed by atoms with Gasteiger partial charge in [-0.2, -0.15) is 0 Å².